The van der Waals surface area contributed by atoms with Gasteiger partial charge in [-0.05, 0) is 12.3 Å². The summed E-state index contributed by atoms with van der Waals surface area (Å²) in [5, 5.41) is 0. The van der Waals surface area contributed by atoms with E-state index in [-0.39, 0.29) is 0 Å². The van der Waals surface area contributed by atoms with Crippen LogP contribution in [-0.2, 0) is 0 Å². The van der Waals surface area contributed by atoms with Crippen LogP contribution in [0.1, 0.15) is 25.7 Å². The molecule has 0 aromatic rings. The summed E-state index contributed by atoms with van der Waals surface area (Å²) in [5.74, 6) is 0.699. The van der Waals surface area contributed by atoms with Gasteiger partial charge in [-0.1, -0.05) is 19.3 Å². The quantitative estimate of drug-likeness (QED) is 0.500. The van der Waals surface area contributed by atoms with Crippen LogP contribution in [0.15, 0.2) is 0 Å². The standard InChI is InChI=1S/C6H10F/c7-5-4-6-2-1-3-6/h5-6H,1-4H2. The molecule has 0 bridgehead atoms. The second-order valence-corrected chi connectivity index (χ2v) is 2.19. The molecule has 1 rings (SSSR count). The molecule has 1 aliphatic carbocycles. The smallest absolute Gasteiger partial charge is 0.131 e. The van der Waals surface area contributed by atoms with Gasteiger partial charge in [-0.15, -0.1) is 0 Å². The molecule has 0 atom stereocenters. The van der Waals surface area contributed by atoms with Crippen LogP contribution in [0.5, 0.6) is 0 Å². The predicted molar refractivity (Wildman–Crippen MR) is 27.4 cm³/mol. The summed E-state index contributed by atoms with van der Waals surface area (Å²) in [6, 6.07) is 0. The van der Waals surface area contributed by atoms with Gasteiger partial charge >= 0.3 is 0 Å². The molecule has 0 amide bonds. The molecule has 7 heavy (non-hydrogen) atoms. The van der Waals surface area contributed by atoms with E-state index in [1.165, 1.54) is 19.3 Å². The van der Waals surface area contributed by atoms with E-state index in [1.807, 2.05) is 0 Å². The Morgan fingerprint density at radius 1 is 1.57 bits per heavy atom. The van der Waals surface area contributed by atoms with Gasteiger partial charge < -0.3 is 0 Å². The Kier molecular flexibility index (Phi) is 1.66. The third-order valence-corrected chi connectivity index (χ3v) is 1.65. The van der Waals surface area contributed by atoms with E-state index in [4.69, 9.17) is 0 Å². The van der Waals surface area contributed by atoms with E-state index in [2.05, 4.69) is 0 Å². The second-order valence-electron chi connectivity index (χ2n) is 2.19. The second kappa shape index (κ2) is 2.29. The molecule has 0 aromatic carbocycles. The van der Waals surface area contributed by atoms with Crippen LogP contribution in [0.4, 0.5) is 4.39 Å². The van der Waals surface area contributed by atoms with Gasteiger partial charge in [-0.2, -0.15) is 0 Å². The Labute approximate surface area is 43.7 Å². The zero-order valence-corrected chi connectivity index (χ0v) is 4.36. The van der Waals surface area contributed by atoms with Crippen molar-refractivity contribution >= 4 is 0 Å². The molecule has 0 nitrogen and oxygen atoms in total. The fourth-order valence-corrected chi connectivity index (χ4v) is 0.854. The van der Waals surface area contributed by atoms with E-state index < -0.39 is 0 Å². The van der Waals surface area contributed by atoms with Gasteiger partial charge in [0.05, 0.1) is 0 Å². The van der Waals surface area contributed by atoms with Crippen LogP contribution in [0, 0.1) is 12.6 Å². The third kappa shape index (κ3) is 1.15. The number of hydrogen-bond acceptors (Lipinski definition) is 0. The summed E-state index contributed by atoms with van der Waals surface area (Å²) < 4.78 is 11.3. The van der Waals surface area contributed by atoms with Crippen molar-refractivity contribution in [3.05, 3.63) is 6.67 Å². The van der Waals surface area contributed by atoms with Crippen LogP contribution in [-0.4, -0.2) is 0 Å². The first-order valence-corrected chi connectivity index (χ1v) is 2.85. The minimum atomic E-state index is 0.694. The minimum absolute atomic E-state index is 0.694. The highest BCUT2D eigenvalue weighted by Crippen LogP contribution is 2.29. The van der Waals surface area contributed by atoms with Crippen LogP contribution in [0.25, 0.3) is 0 Å². The monoisotopic (exact) mass is 101 g/mol. The van der Waals surface area contributed by atoms with E-state index in [9.17, 15) is 4.39 Å². The Morgan fingerprint density at radius 3 is 2.43 bits per heavy atom. The molecule has 1 fully saturated rings. The molecule has 0 spiro atoms. The summed E-state index contributed by atoms with van der Waals surface area (Å²) in [4.78, 5) is 0. The van der Waals surface area contributed by atoms with Crippen LogP contribution in [0.2, 0.25) is 0 Å². The molecule has 0 heterocycles. The van der Waals surface area contributed by atoms with Gasteiger partial charge in [0, 0.05) is 0 Å². The molecule has 1 aliphatic rings. The normalized spacial score (nSPS) is 21.9. The first kappa shape index (κ1) is 5.07. The van der Waals surface area contributed by atoms with Crippen molar-refractivity contribution in [2.45, 2.75) is 25.7 Å². The lowest BCUT2D eigenvalue weighted by atomic mass is 9.83. The predicted octanol–water partition coefficient (Wildman–Crippen LogP) is 2.31. The Hall–Kier alpha value is -0.0700. The highest BCUT2D eigenvalue weighted by Gasteiger charge is 2.16. The van der Waals surface area contributed by atoms with Crippen molar-refractivity contribution in [1.82, 2.24) is 0 Å². The zero-order chi connectivity index (χ0) is 5.11. The van der Waals surface area contributed by atoms with Gasteiger partial charge in [-0.3, -0.25) is 0 Å². The fourth-order valence-electron chi connectivity index (χ4n) is 0.854. The molecule has 0 unspecified atom stereocenters. The fraction of sp³-hybridized carbons (Fsp3) is 0.833. The summed E-state index contributed by atoms with van der Waals surface area (Å²) in [6.45, 7) is 0.782. The van der Waals surface area contributed by atoms with Gasteiger partial charge in [0.15, 0.2) is 0 Å². The minimum Gasteiger partial charge on any atom is -0.244 e. The molecule has 1 saturated carbocycles. The van der Waals surface area contributed by atoms with Gasteiger partial charge in [0.25, 0.3) is 0 Å². The van der Waals surface area contributed by atoms with Crippen LogP contribution >= 0.6 is 0 Å². The number of rotatable bonds is 2. The molecular formula is C6H10F. The molecular weight excluding hydrogens is 91.1 g/mol. The molecule has 1 radical (unpaired) electrons. The van der Waals surface area contributed by atoms with Gasteiger partial charge in [-0.25, -0.2) is 4.39 Å². The van der Waals surface area contributed by atoms with E-state index in [0.29, 0.717) is 12.3 Å². The van der Waals surface area contributed by atoms with E-state index >= 15 is 0 Å². The molecule has 41 valence electrons. The molecule has 1 heteroatoms. The lowest BCUT2D eigenvalue weighted by molar-refractivity contribution is 0.292. The first-order chi connectivity index (χ1) is 3.43. The zero-order valence-electron chi connectivity index (χ0n) is 4.36. The molecule has 0 aliphatic heterocycles. The molecule has 0 saturated heterocycles. The van der Waals surface area contributed by atoms with Crippen molar-refractivity contribution in [1.29, 1.82) is 0 Å². The maximum Gasteiger partial charge on any atom is 0.131 e. The molecule has 0 aromatic heterocycles. The van der Waals surface area contributed by atoms with Crippen LogP contribution in [0.3, 0.4) is 0 Å². The highest BCUT2D eigenvalue weighted by molar-refractivity contribution is 4.71. The third-order valence-electron chi connectivity index (χ3n) is 1.65. The SMILES string of the molecule is F[CH]CC1CCC1. The maximum absolute atomic E-state index is 11.3. The van der Waals surface area contributed by atoms with Crippen molar-refractivity contribution in [3.63, 3.8) is 0 Å². The van der Waals surface area contributed by atoms with E-state index in [1.54, 1.807) is 0 Å². The van der Waals surface area contributed by atoms with Crippen molar-refractivity contribution in [2.24, 2.45) is 5.92 Å². The Morgan fingerprint density at radius 2 is 2.29 bits per heavy atom. The average molecular weight is 101 g/mol. The van der Waals surface area contributed by atoms with Crippen molar-refractivity contribution in [2.75, 3.05) is 0 Å². The van der Waals surface area contributed by atoms with E-state index in [0.717, 1.165) is 6.67 Å². The summed E-state index contributed by atoms with van der Waals surface area (Å²) in [6.07, 6.45) is 4.51. The van der Waals surface area contributed by atoms with Gasteiger partial charge in [0.2, 0.25) is 0 Å². The Balaban J connectivity index is 1.93. The van der Waals surface area contributed by atoms with Crippen molar-refractivity contribution in [3.8, 4) is 0 Å². The lowest BCUT2D eigenvalue weighted by Crippen LogP contribution is -2.09. The largest absolute Gasteiger partial charge is 0.244 e. The first-order valence-electron chi connectivity index (χ1n) is 2.85. The average Bonchev–Trinajstić information content (AvgIpc) is 1.55. The summed E-state index contributed by atoms with van der Waals surface area (Å²) in [7, 11) is 0. The van der Waals surface area contributed by atoms with Crippen LogP contribution < -0.4 is 0 Å². The summed E-state index contributed by atoms with van der Waals surface area (Å²) in [5.41, 5.74) is 0. The maximum atomic E-state index is 11.3. The lowest BCUT2D eigenvalue weighted by Gasteiger charge is -2.23. The highest BCUT2D eigenvalue weighted by atomic mass is 19.1. The Bertz CT molecular complexity index is 48.1. The van der Waals surface area contributed by atoms with Gasteiger partial charge in [0.1, 0.15) is 6.67 Å². The number of halogens is 1. The van der Waals surface area contributed by atoms with Crippen molar-refractivity contribution < 1.29 is 4.39 Å². The topological polar surface area (TPSA) is 0 Å². The summed E-state index contributed by atoms with van der Waals surface area (Å²) >= 11 is 0. The molecule has 0 N–H and O–H groups in total. The number of hydrogen-bond donors (Lipinski definition) is 0.